The van der Waals surface area contributed by atoms with Crippen molar-refractivity contribution in [3.8, 4) is 6.07 Å². The van der Waals surface area contributed by atoms with Crippen LogP contribution < -0.4 is 10.6 Å². The molecule has 0 spiro atoms. The molecule has 0 radical (unpaired) electrons. The molecule has 3 atom stereocenters. The molecular formula is C24H22ClFN4O3. The summed E-state index contributed by atoms with van der Waals surface area (Å²) in [6.07, 6.45) is 1.10. The molecule has 1 aliphatic heterocycles. The first-order chi connectivity index (χ1) is 16.0. The molecule has 3 aromatic rings. The summed E-state index contributed by atoms with van der Waals surface area (Å²) in [6, 6.07) is 12.6. The van der Waals surface area contributed by atoms with Crippen molar-refractivity contribution in [2.45, 2.75) is 24.7 Å². The quantitative estimate of drug-likeness (QED) is 0.508. The number of carbonyl (C=O) groups excluding carboxylic acids is 1. The van der Waals surface area contributed by atoms with Crippen molar-refractivity contribution in [3.05, 3.63) is 70.4 Å². The fourth-order valence-corrected chi connectivity index (χ4v) is 3.96. The van der Waals surface area contributed by atoms with Gasteiger partial charge in [-0.15, -0.1) is 0 Å². The Balaban J connectivity index is 1.52. The second kappa shape index (κ2) is 10.1. The molecule has 0 unspecified atom stereocenters. The van der Waals surface area contributed by atoms with E-state index in [1.807, 2.05) is 6.07 Å². The number of pyridine rings is 1. The number of hydrogen-bond acceptors (Lipinski definition) is 6. The molecular weight excluding hydrogens is 447 g/mol. The largest absolute Gasteiger partial charge is 0.394 e. The normalized spacial score (nSPS) is 19.0. The molecule has 9 heteroatoms. The van der Waals surface area contributed by atoms with Crippen LogP contribution >= 0.6 is 11.6 Å². The number of nitrogens with zero attached hydrogens (tertiary/aromatic N) is 2. The van der Waals surface area contributed by atoms with Gasteiger partial charge in [0.15, 0.2) is 0 Å². The van der Waals surface area contributed by atoms with Gasteiger partial charge >= 0.3 is 0 Å². The van der Waals surface area contributed by atoms with Crippen molar-refractivity contribution in [3.63, 3.8) is 0 Å². The van der Waals surface area contributed by atoms with Crippen LogP contribution in [0.1, 0.15) is 33.9 Å². The lowest BCUT2D eigenvalue weighted by Crippen LogP contribution is -2.39. The van der Waals surface area contributed by atoms with Crippen molar-refractivity contribution < 1.29 is 19.0 Å². The Kier molecular flexibility index (Phi) is 7.04. The number of carbonyl (C=O) groups is 1. The zero-order valence-corrected chi connectivity index (χ0v) is 18.3. The van der Waals surface area contributed by atoms with Gasteiger partial charge in [-0.3, -0.25) is 4.79 Å². The maximum Gasteiger partial charge on any atom is 0.251 e. The highest BCUT2D eigenvalue weighted by atomic mass is 35.5. The Bertz CT molecular complexity index is 1220. The van der Waals surface area contributed by atoms with Crippen molar-refractivity contribution in [2.75, 3.05) is 25.1 Å². The van der Waals surface area contributed by atoms with Crippen molar-refractivity contribution in [1.29, 1.82) is 5.26 Å². The summed E-state index contributed by atoms with van der Waals surface area (Å²) in [5, 5.41) is 26.6. The molecule has 33 heavy (non-hydrogen) atoms. The molecule has 4 rings (SSSR count). The zero-order valence-electron chi connectivity index (χ0n) is 17.6. The third kappa shape index (κ3) is 5.22. The number of rotatable bonds is 6. The lowest BCUT2D eigenvalue weighted by molar-refractivity contribution is 0.0285. The number of alkyl halides is 1. The highest BCUT2D eigenvalue weighted by molar-refractivity contribution is 6.31. The van der Waals surface area contributed by atoms with E-state index in [-0.39, 0.29) is 30.2 Å². The molecule has 170 valence electrons. The summed E-state index contributed by atoms with van der Waals surface area (Å²) in [5.74, 6) is 0.145. The first kappa shape index (κ1) is 22.9. The van der Waals surface area contributed by atoms with Gasteiger partial charge in [0.25, 0.3) is 5.91 Å². The predicted octanol–water partition coefficient (Wildman–Crippen LogP) is 3.76. The molecule has 1 amide bonds. The highest BCUT2D eigenvalue weighted by Gasteiger charge is 2.25. The second-order valence-electron chi connectivity index (χ2n) is 7.82. The molecule has 1 aromatic heterocycles. The van der Waals surface area contributed by atoms with Crippen molar-refractivity contribution >= 4 is 34.1 Å². The first-order valence-electron chi connectivity index (χ1n) is 10.5. The van der Waals surface area contributed by atoms with Gasteiger partial charge in [0.2, 0.25) is 0 Å². The van der Waals surface area contributed by atoms with E-state index in [2.05, 4.69) is 15.6 Å². The van der Waals surface area contributed by atoms with E-state index in [0.29, 0.717) is 35.5 Å². The molecule has 0 bridgehead atoms. The zero-order chi connectivity index (χ0) is 23.4. The number of benzene rings is 2. The van der Waals surface area contributed by atoms with Crippen LogP contribution in [0.4, 0.5) is 10.2 Å². The molecule has 3 N–H and O–H groups in total. The number of anilines is 1. The van der Waals surface area contributed by atoms with Gasteiger partial charge in [-0.25, -0.2) is 9.37 Å². The van der Waals surface area contributed by atoms with Gasteiger partial charge in [0, 0.05) is 23.8 Å². The number of nitriles is 1. The summed E-state index contributed by atoms with van der Waals surface area (Å²) < 4.78 is 19.2. The minimum absolute atomic E-state index is 0.0615. The molecule has 1 fully saturated rings. The van der Waals surface area contributed by atoms with Crippen LogP contribution in [0.25, 0.3) is 10.8 Å². The lowest BCUT2D eigenvalue weighted by Gasteiger charge is -2.27. The predicted molar refractivity (Wildman–Crippen MR) is 123 cm³/mol. The van der Waals surface area contributed by atoms with Crippen LogP contribution in [0.2, 0.25) is 5.02 Å². The lowest BCUT2D eigenvalue weighted by atomic mass is 10.0. The minimum Gasteiger partial charge on any atom is -0.394 e. The maximum atomic E-state index is 14.1. The number of aliphatic hydroxyl groups excluding tert-OH is 1. The number of nitrogens with one attached hydrogen (secondary N) is 2. The molecule has 1 aliphatic rings. The van der Waals surface area contributed by atoms with Gasteiger partial charge in [0.05, 0.1) is 35.9 Å². The Hall–Kier alpha value is -3.25. The van der Waals surface area contributed by atoms with Gasteiger partial charge < -0.3 is 20.5 Å². The molecule has 2 heterocycles. The Morgan fingerprint density at radius 3 is 2.88 bits per heavy atom. The fraction of sp³-hybridized carbons (Fsp3) is 0.292. The van der Waals surface area contributed by atoms with E-state index in [9.17, 15) is 14.3 Å². The number of fused-ring (bicyclic) bond motifs is 1. The van der Waals surface area contributed by atoms with Crippen LogP contribution in [0.5, 0.6) is 0 Å². The maximum absolute atomic E-state index is 14.1. The average Bonchev–Trinajstić information content (AvgIpc) is 2.83. The Morgan fingerprint density at radius 2 is 2.15 bits per heavy atom. The topological polar surface area (TPSA) is 107 Å². The van der Waals surface area contributed by atoms with Crippen LogP contribution in [-0.2, 0) is 4.74 Å². The fourth-order valence-electron chi connectivity index (χ4n) is 3.73. The minimum atomic E-state index is -1.11. The monoisotopic (exact) mass is 468 g/mol. The first-order valence-corrected chi connectivity index (χ1v) is 10.9. The van der Waals surface area contributed by atoms with Crippen molar-refractivity contribution in [1.82, 2.24) is 10.3 Å². The van der Waals surface area contributed by atoms with Gasteiger partial charge in [-0.2, -0.15) is 5.26 Å². The number of amides is 1. The van der Waals surface area contributed by atoms with Crippen molar-refractivity contribution in [2.24, 2.45) is 0 Å². The average molecular weight is 469 g/mol. The summed E-state index contributed by atoms with van der Waals surface area (Å²) in [4.78, 5) is 17.2. The van der Waals surface area contributed by atoms with E-state index < -0.39 is 12.2 Å². The van der Waals surface area contributed by atoms with Crippen LogP contribution in [0, 0.1) is 11.3 Å². The highest BCUT2D eigenvalue weighted by Crippen LogP contribution is 2.24. The number of ether oxygens (including phenoxy) is 1. The van der Waals surface area contributed by atoms with E-state index >= 15 is 0 Å². The smallest absolute Gasteiger partial charge is 0.251 e. The molecule has 0 saturated carbocycles. The van der Waals surface area contributed by atoms with E-state index in [1.54, 1.807) is 48.7 Å². The SMILES string of the molecule is N#Cc1ccc([C@@H](CO)NC(=O)c2ccc3cnc(N[C@H]4CCOC[C@H]4F)cc3c2)cc1Cl. The number of aromatic nitrogens is 1. The number of hydrogen-bond donors (Lipinski definition) is 3. The van der Waals surface area contributed by atoms with E-state index in [4.69, 9.17) is 21.6 Å². The number of halogens is 2. The van der Waals surface area contributed by atoms with Gasteiger partial charge in [-0.05, 0) is 47.7 Å². The Labute approximate surface area is 195 Å². The van der Waals surface area contributed by atoms with E-state index in [0.717, 1.165) is 10.8 Å². The second-order valence-corrected chi connectivity index (χ2v) is 8.23. The van der Waals surface area contributed by atoms with Gasteiger partial charge in [0.1, 0.15) is 18.1 Å². The van der Waals surface area contributed by atoms with Gasteiger partial charge in [-0.1, -0.05) is 23.7 Å². The number of aliphatic hydroxyl groups is 1. The van der Waals surface area contributed by atoms with Crippen LogP contribution in [0.3, 0.4) is 0 Å². The van der Waals surface area contributed by atoms with Crippen LogP contribution in [0.15, 0.2) is 48.7 Å². The standard InChI is InChI=1S/C24H22ClFN4O3/c25-19-8-14(1-3-16(19)10-27)22(12-31)30-24(32)15-2-4-17-11-28-23(9-18(17)7-15)29-21-5-6-33-13-20(21)26/h1-4,7-9,11,20-22,31H,5-6,12-13H2,(H,28,29)(H,30,32)/t20-,21+,22-/m1/s1. The summed E-state index contributed by atoms with van der Waals surface area (Å²) >= 11 is 6.08. The summed E-state index contributed by atoms with van der Waals surface area (Å²) in [5.41, 5.74) is 1.30. The molecule has 7 nitrogen and oxygen atoms in total. The van der Waals surface area contributed by atoms with E-state index in [1.165, 1.54) is 0 Å². The summed E-state index contributed by atoms with van der Waals surface area (Å²) in [7, 11) is 0. The molecule has 0 aliphatic carbocycles. The molecule has 1 saturated heterocycles. The third-order valence-electron chi connectivity index (χ3n) is 5.61. The third-order valence-corrected chi connectivity index (χ3v) is 5.92. The molecule has 2 aromatic carbocycles. The summed E-state index contributed by atoms with van der Waals surface area (Å²) in [6.45, 7) is 0.216. The van der Waals surface area contributed by atoms with Crippen LogP contribution in [-0.4, -0.2) is 48.0 Å². The Morgan fingerprint density at radius 1 is 1.30 bits per heavy atom.